The fourth-order valence-electron chi connectivity index (χ4n) is 1.16. The van der Waals surface area contributed by atoms with Crippen LogP contribution in [0.5, 0.6) is 0 Å². The molecule has 0 amide bonds. The van der Waals surface area contributed by atoms with E-state index in [0.29, 0.717) is 19.8 Å². The molecule has 0 fully saturated rings. The Morgan fingerprint density at radius 1 is 1.17 bits per heavy atom. The number of carbonyl (C=O) groups is 1. The van der Waals surface area contributed by atoms with Gasteiger partial charge in [0.25, 0.3) is 0 Å². The van der Waals surface area contributed by atoms with E-state index in [0.717, 1.165) is 6.54 Å². The fourth-order valence-corrected chi connectivity index (χ4v) is 1.32. The van der Waals surface area contributed by atoms with Crippen LogP contribution in [-0.4, -0.2) is 35.7 Å². The van der Waals surface area contributed by atoms with E-state index in [-0.39, 0.29) is 11.3 Å². The van der Waals surface area contributed by atoms with Crippen LogP contribution in [0.1, 0.15) is 0 Å². The van der Waals surface area contributed by atoms with Crippen molar-refractivity contribution in [1.29, 1.82) is 0 Å². The molecule has 23 heavy (non-hydrogen) atoms. The Morgan fingerprint density at radius 2 is 1.74 bits per heavy atom. The Morgan fingerprint density at radius 3 is 2.17 bits per heavy atom. The summed E-state index contributed by atoms with van der Waals surface area (Å²) >= 11 is 3.01. The van der Waals surface area contributed by atoms with Crippen LogP contribution in [-0.2, 0) is 27.9 Å². The van der Waals surface area contributed by atoms with E-state index in [1.165, 1.54) is 0 Å². The van der Waals surface area contributed by atoms with Gasteiger partial charge in [-0.05, 0) is 0 Å². The van der Waals surface area contributed by atoms with Crippen molar-refractivity contribution >= 4 is 29.7 Å². The quantitative estimate of drug-likeness (QED) is 0.164. The van der Waals surface area contributed by atoms with Crippen molar-refractivity contribution in [2.75, 3.05) is 25.2 Å². The van der Waals surface area contributed by atoms with Gasteiger partial charge < -0.3 is 9.47 Å². The molecule has 1 rings (SSSR count). The second-order valence-corrected chi connectivity index (χ2v) is 6.72. The van der Waals surface area contributed by atoms with Crippen molar-refractivity contribution < 1.29 is 44.0 Å². The molecular weight excluding hydrogens is 421 g/mol. The van der Waals surface area contributed by atoms with Crippen LogP contribution >= 0.6 is 23.7 Å². The summed E-state index contributed by atoms with van der Waals surface area (Å²) in [6, 6.07) is 0. The third-order valence-electron chi connectivity index (χ3n) is 1.92. The summed E-state index contributed by atoms with van der Waals surface area (Å²) in [4.78, 5) is 10.7. The number of hydrogen-bond donors (Lipinski definition) is 0. The van der Waals surface area contributed by atoms with Crippen LogP contribution in [0.25, 0.3) is 0 Å². The predicted octanol–water partition coefficient (Wildman–Crippen LogP) is 3.65. The molecule has 0 unspecified atom stereocenters. The molecule has 5 nitrogen and oxygen atoms in total. The summed E-state index contributed by atoms with van der Waals surface area (Å²) in [6.45, 7) is 2.16. The Kier molecular flexibility index (Phi) is 7.51. The zero-order valence-corrected chi connectivity index (χ0v) is 14.5. The van der Waals surface area contributed by atoms with Gasteiger partial charge in [0.05, 0.1) is 20.3 Å². The first-order valence-corrected chi connectivity index (χ1v) is 9.19. The Bertz CT molecular complexity index is 496. The summed E-state index contributed by atoms with van der Waals surface area (Å²) < 4.78 is 73.3. The minimum absolute atomic E-state index is 0.229. The Hall–Kier alpha value is -0.870. The van der Waals surface area contributed by atoms with E-state index < -0.39 is 7.81 Å². The molecule has 0 spiro atoms. The molecule has 0 radical (unpaired) electrons. The molecule has 0 aliphatic rings. The normalized spacial score (nSPS) is 14.3. The Labute approximate surface area is 136 Å². The van der Waals surface area contributed by atoms with Gasteiger partial charge in [-0.15, -0.1) is 0 Å². The summed E-state index contributed by atoms with van der Waals surface area (Å²) in [6.07, 6.45) is 5.93. The first kappa shape index (κ1) is 22.1. The number of aryl methyl sites for hydroxylation is 1. The molecule has 138 valence electrons. The molecule has 0 saturated carbocycles. The first-order valence-electron chi connectivity index (χ1n) is 6.04. The van der Waals surface area contributed by atoms with E-state index in [4.69, 9.17) is 9.47 Å². The number of aromatic nitrogens is 2. The van der Waals surface area contributed by atoms with Crippen molar-refractivity contribution in [3.05, 3.63) is 18.7 Å². The molecule has 13 heteroatoms. The molecule has 0 aliphatic heterocycles. The van der Waals surface area contributed by atoms with Crippen LogP contribution in [0, 0.1) is 0 Å². The van der Waals surface area contributed by atoms with Crippen molar-refractivity contribution in [1.82, 2.24) is 4.57 Å². The van der Waals surface area contributed by atoms with Crippen molar-refractivity contribution in [3.8, 4) is 0 Å². The molecule has 0 aromatic carbocycles. The predicted molar refractivity (Wildman–Crippen MR) is 74.7 cm³/mol. The number of rotatable bonds is 7. The number of ether oxygens (including phenoxy) is 2. The molecular formula is C10H16BrF6N2O3P. The minimum atomic E-state index is -10.7. The first-order chi connectivity index (χ1) is 10.2. The number of imidazole rings is 1. The zero-order chi connectivity index (χ0) is 18.2. The van der Waals surface area contributed by atoms with Gasteiger partial charge in [0, 0.05) is 0 Å². The van der Waals surface area contributed by atoms with Crippen molar-refractivity contribution in [3.63, 3.8) is 0 Å². The number of carbonyl (C=O) groups excluding carboxylic acids is 1. The number of nitrogens with zero attached hydrogens (tertiary/aromatic N) is 2. The number of esters is 1. The average molecular weight is 437 g/mol. The topological polar surface area (TPSA) is 44.3 Å². The van der Waals surface area contributed by atoms with Crippen LogP contribution < -0.4 is 4.57 Å². The van der Waals surface area contributed by atoms with E-state index >= 15 is 0 Å². The third-order valence-corrected chi connectivity index (χ3v) is 2.38. The molecule has 0 bridgehead atoms. The van der Waals surface area contributed by atoms with Gasteiger partial charge in [0.15, 0.2) is 0 Å². The van der Waals surface area contributed by atoms with Gasteiger partial charge in [0.1, 0.15) is 30.9 Å². The summed E-state index contributed by atoms with van der Waals surface area (Å²) in [7, 11) is -8.69. The molecule has 1 aromatic heterocycles. The van der Waals surface area contributed by atoms with E-state index in [1.54, 1.807) is 0 Å². The van der Waals surface area contributed by atoms with Gasteiger partial charge in [0.2, 0.25) is 6.33 Å². The number of halogens is 7. The number of hydrogen-bond acceptors (Lipinski definition) is 3. The summed E-state index contributed by atoms with van der Waals surface area (Å²) in [5, 5.41) is 0.229. The summed E-state index contributed by atoms with van der Waals surface area (Å²) in [5.74, 6) is -0.263. The molecule has 0 N–H and O–H groups in total. The second-order valence-electron chi connectivity index (χ2n) is 4.24. The molecule has 0 aliphatic carbocycles. The standard InChI is InChI=1S/C10H16BrN2O3.F6P/c1-12-2-3-13(9-12)4-5-15-6-7-16-10(14)8-11;1-7(2,3,4,5)6/h2-3,9H,4-8H2,1H3;/q+1;-1. The van der Waals surface area contributed by atoms with Crippen LogP contribution in [0.15, 0.2) is 18.7 Å². The third kappa shape index (κ3) is 21.1. The van der Waals surface area contributed by atoms with Gasteiger partial charge in [-0.25, -0.2) is 9.13 Å². The molecule has 1 heterocycles. The monoisotopic (exact) mass is 436 g/mol. The van der Waals surface area contributed by atoms with Crippen molar-refractivity contribution in [2.45, 2.75) is 6.54 Å². The van der Waals surface area contributed by atoms with E-state index in [2.05, 4.69) is 15.9 Å². The van der Waals surface area contributed by atoms with Crippen LogP contribution in [0.2, 0.25) is 0 Å². The second kappa shape index (κ2) is 7.80. The van der Waals surface area contributed by atoms with Gasteiger partial charge >= 0.3 is 39.0 Å². The average Bonchev–Trinajstić information content (AvgIpc) is 2.75. The van der Waals surface area contributed by atoms with Crippen molar-refractivity contribution in [2.24, 2.45) is 7.05 Å². The van der Waals surface area contributed by atoms with E-state index in [1.807, 2.05) is 34.9 Å². The summed E-state index contributed by atoms with van der Waals surface area (Å²) in [5.41, 5.74) is 0. The van der Waals surface area contributed by atoms with Crippen LogP contribution in [0.3, 0.4) is 0 Å². The number of alkyl halides is 1. The van der Waals surface area contributed by atoms with Crippen LogP contribution in [0.4, 0.5) is 25.2 Å². The molecule has 0 atom stereocenters. The SMILES string of the molecule is C[n+]1ccn(CCOCCOC(=O)CBr)c1.F[P-](F)(F)(F)(F)F. The zero-order valence-electron chi connectivity index (χ0n) is 12.0. The van der Waals surface area contributed by atoms with Gasteiger partial charge in [-0.1, -0.05) is 15.9 Å². The fraction of sp³-hybridized carbons (Fsp3) is 0.600. The molecule has 0 saturated heterocycles. The Balaban J connectivity index is 0.000000585. The maximum atomic E-state index is 10.7. The van der Waals surface area contributed by atoms with Gasteiger partial charge in [-0.3, -0.25) is 4.79 Å². The maximum absolute atomic E-state index is 10.7. The van der Waals surface area contributed by atoms with E-state index in [9.17, 15) is 30.0 Å². The van der Waals surface area contributed by atoms with Gasteiger partial charge in [-0.2, -0.15) is 0 Å². The molecule has 1 aromatic rings.